The van der Waals surface area contributed by atoms with Crippen molar-refractivity contribution in [3.8, 4) is 0 Å². The largest absolute Gasteiger partial charge is 0.391 e. The zero-order chi connectivity index (χ0) is 16.3. The summed E-state index contributed by atoms with van der Waals surface area (Å²) in [5.74, 6) is -0.618. The topological polar surface area (TPSA) is 58.6 Å². The molecule has 2 rings (SSSR count). The number of nitrogens with one attached hydrogen (secondary N) is 1. The highest BCUT2D eigenvalue weighted by Gasteiger charge is 2.21. The van der Waals surface area contributed by atoms with E-state index in [0.717, 1.165) is 0 Å². The van der Waals surface area contributed by atoms with Crippen LogP contribution in [0.2, 0.25) is 0 Å². The first-order chi connectivity index (χ1) is 10.5. The van der Waals surface area contributed by atoms with Crippen LogP contribution in [-0.4, -0.2) is 30.8 Å². The summed E-state index contributed by atoms with van der Waals surface area (Å²) in [6, 6.07) is 4.77. The molecule has 22 heavy (non-hydrogen) atoms. The van der Waals surface area contributed by atoms with Gasteiger partial charge in [0.1, 0.15) is 5.82 Å². The number of rotatable bonds is 6. The molecule has 1 unspecified atom stereocenters. The Morgan fingerprint density at radius 1 is 1.45 bits per heavy atom. The summed E-state index contributed by atoms with van der Waals surface area (Å²) in [4.78, 5) is 12.8. The fourth-order valence-electron chi connectivity index (χ4n) is 2.15. The number of hydrogen-bond acceptors (Lipinski definition) is 4. The number of thiophene rings is 1. The molecule has 1 atom stereocenters. The van der Waals surface area contributed by atoms with Gasteiger partial charge < -0.3 is 15.2 Å². The maximum Gasteiger partial charge on any atom is 0.261 e. The molecule has 120 valence electrons. The number of amides is 1. The number of fused-ring (bicyclic) bond motifs is 1. The minimum atomic E-state index is -0.610. The van der Waals surface area contributed by atoms with Gasteiger partial charge in [0.2, 0.25) is 0 Å². The van der Waals surface area contributed by atoms with Crippen molar-refractivity contribution in [2.45, 2.75) is 26.6 Å². The van der Waals surface area contributed by atoms with Crippen LogP contribution in [0.3, 0.4) is 0 Å². The second-order valence-electron chi connectivity index (χ2n) is 5.48. The van der Waals surface area contributed by atoms with E-state index in [2.05, 4.69) is 5.32 Å². The third-order valence-electron chi connectivity index (χ3n) is 3.50. The van der Waals surface area contributed by atoms with Crippen molar-refractivity contribution >= 4 is 27.3 Å². The second kappa shape index (κ2) is 7.17. The normalized spacial score (nSPS) is 12.8. The van der Waals surface area contributed by atoms with Crippen molar-refractivity contribution in [3.63, 3.8) is 0 Å². The number of carbonyl (C=O) groups is 1. The van der Waals surface area contributed by atoms with Crippen LogP contribution in [0.4, 0.5) is 4.39 Å². The van der Waals surface area contributed by atoms with E-state index in [0.29, 0.717) is 20.5 Å². The summed E-state index contributed by atoms with van der Waals surface area (Å²) in [6.07, 6.45) is -0.610. The van der Waals surface area contributed by atoms with Gasteiger partial charge in [0, 0.05) is 29.3 Å². The number of methoxy groups -OCH3 is 1. The Kier molecular flexibility index (Phi) is 5.50. The van der Waals surface area contributed by atoms with Crippen molar-refractivity contribution in [2.24, 2.45) is 5.92 Å². The van der Waals surface area contributed by atoms with Crippen molar-refractivity contribution < 1.29 is 19.0 Å². The lowest BCUT2D eigenvalue weighted by molar-refractivity contribution is 0.0872. The average Bonchev–Trinajstić information content (AvgIpc) is 2.85. The highest BCUT2D eigenvalue weighted by Crippen LogP contribution is 2.33. The van der Waals surface area contributed by atoms with E-state index in [1.807, 2.05) is 13.8 Å². The minimum Gasteiger partial charge on any atom is -0.391 e. The van der Waals surface area contributed by atoms with Crippen molar-refractivity contribution in [1.82, 2.24) is 5.32 Å². The number of ether oxygens (including phenoxy) is 1. The molecule has 0 radical (unpaired) electrons. The Balaban J connectivity index is 2.32. The van der Waals surface area contributed by atoms with Crippen LogP contribution in [0.25, 0.3) is 10.1 Å². The SMILES string of the molecule is COCc1c(C(=O)NCC(O)C(C)C)sc2cccc(F)c12. The molecule has 1 aromatic heterocycles. The zero-order valence-electron chi connectivity index (χ0n) is 12.9. The Morgan fingerprint density at radius 3 is 2.82 bits per heavy atom. The van der Waals surface area contributed by atoms with E-state index in [-0.39, 0.29) is 30.8 Å². The van der Waals surface area contributed by atoms with Gasteiger partial charge in [-0.15, -0.1) is 11.3 Å². The van der Waals surface area contributed by atoms with Crippen molar-refractivity contribution in [2.75, 3.05) is 13.7 Å². The summed E-state index contributed by atoms with van der Waals surface area (Å²) in [5, 5.41) is 12.9. The van der Waals surface area contributed by atoms with E-state index in [9.17, 15) is 14.3 Å². The molecule has 0 saturated heterocycles. The van der Waals surface area contributed by atoms with Crippen molar-refractivity contribution in [1.29, 1.82) is 0 Å². The van der Waals surface area contributed by atoms with E-state index in [1.165, 1.54) is 24.5 Å². The third-order valence-corrected chi connectivity index (χ3v) is 4.70. The summed E-state index contributed by atoms with van der Waals surface area (Å²) < 4.78 is 19.9. The van der Waals surface area contributed by atoms with E-state index < -0.39 is 6.10 Å². The number of halogens is 1. The Hall–Kier alpha value is -1.50. The van der Waals surface area contributed by atoms with Crippen molar-refractivity contribution in [3.05, 3.63) is 34.5 Å². The van der Waals surface area contributed by atoms with Crippen LogP contribution in [-0.2, 0) is 11.3 Å². The highest BCUT2D eigenvalue weighted by atomic mass is 32.1. The standard InChI is InChI=1S/C16H20FNO3S/c1-9(2)12(19)7-18-16(20)15-10(8-21-3)14-11(17)5-4-6-13(14)22-15/h4-6,9,12,19H,7-8H2,1-3H3,(H,18,20). The molecule has 6 heteroatoms. The number of hydrogen-bond donors (Lipinski definition) is 2. The molecule has 4 nitrogen and oxygen atoms in total. The molecule has 1 heterocycles. The summed E-state index contributed by atoms with van der Waals surface area (Å²) >= 11 is 1.23. The van der Waals surface area contributed by atoms with Gasteiger partial charge in [-0.1, -0.05) is 19.9 Å². The quantitative estimate of drug-likeness (QED) is 0.858. The van der Waals surface area contributed by atoms with Crippen LogP contribution < -0.4 is 5.32 Å². The number of aliphatic hydroxyl groups is 1. The lowest BCUT2D eigenvalue weighted by atomic mass is 10.1. The second-order valence-corrected chi connectivity index (χ2v) is 6.53. The Labute approximate surface area is 132 Å². The molecule has 2 N–H and O–H groups in total. The zero-order valence-corrected chi connectivity index (χ0v) is 13.7. The first-order valence-electron chi connectivity index (χ1n) is 7.10. The third kappa shape index (κ3) is 3.45. The van der Waals surface area contributed by atoms with Crippen LogP contribution >= 0.6 is 11.3 Å². The van der Waals surface area contributed by atoms with E-state index in [4.69, 9.17) is 4.74 Å². The molecule has 1 aromatic carbocycles. The van der Waals surface area contributed by atoms with Gasteiger partial charge in [0.15, 0.2) is 0 Å². The first-order valence-corrected chi connectivity index (χ1v) is 7.92. The molecule has 2 aromatic rings. The van der Waals surface area contributed by atoms with Gasteiger partial charge in [-0.25, -0.2) is 4.39 Å². The molecule has 0 aliphatic heterocycles. The Bertz CT molecular complexity index is 669. The maximum atomic E-state index is 14.0. The van der Waals surface area contributed by atoms with Gasteiger partial charge in [-0.2, -0.15) is 0 Å². The number of carbonyl (C=O) groups excluding carboxylic acids is 1. The molecule has 0 aliphatic rings. The van der Waals surface area contributed by atoms with E-state index in [1.54, 1.807) is 12.1 Å². The summed E-state index contributed by atoms with van der Waals surface area (Å²) in [7, 11) is 1.51. The number of aliphatic hydroxyl groups excluding tert-OH is 1. The lowest BCUT2D eigenvalue weighted by Crippen LogP contribution is -2.34. The van der Waals surface area contributed by atoms with Gasteiger partial charge in [0.25, 0.3) is 5.91 Å². The number of benzene rings is 1. The predicted molar refractivity (Wildman–Crippen MR) is 85.7 cm³/mol. The average molecular weight is 325 g/mol. The van der Waals surface area contributed by atoms with Gasteiger partial charge in [-0.05, 0) is 18.1 Å². The molecule has 0 saturated carbocycles. The van der Waals surface area contributed by atoms with Crippen LogP contribution in [0.5, 0.6) is 0 Å². The lowest BCUT2D eigenvalue weighted by Gasteiger charge is -2.15. The highest BCUT2D eigenvalue weighted by molar-refractivity contribution is 7.21. The van der Waals surface area contributed by atoms with Crippen LogP contribution in [0.15, 0.2) is 18.2 Å². The monoisotopic (exact) mass is 325 g/mol. The van der Waals surface area contributed by atoms with Crippen LogP contribution in [0, 0.1) is 11.7 Å². The molecular weight excluding hydrogens is 305 g/mol. The summed E-state index contributed by atoms with van der Waals surface area (Å²) in [6.45, 7) is 4.08. The molecular formula is C16H20FNO3S. The van der Waals surface area contributed by atoms with Crippen LogP contribution in [0.1, 0.15) is 29.1 Å². The van der Waals surface area contributed by atoms with Gasteiger partial charge in [-0.3, -0.25) is 4.79 Å². The minimum absolute atomic E-state index is 0.0543. The predicted octanol–water partition coefficient (Wildman–Crippen LogP) is 2.93. The molecule has 0 spiro atoms. The molecule has 0 fully saturated rings. The molecule has 0 bridgehead atoms. The maximum absolute atomic E-state index is 14.0. The Morgan fingerprint density at radius 2 is 2.18 bits per heavy atom. The van der Waals surface area contributed by atoms with Gasteiger partial charge in [0.05, 0.1) is 17.6 Å². The molecule has 0 aliphatic carbocycles. The fourth-order valence-corrected chi connectivity index (χ4v) is 3.28. The van der Waals surface area contributed by atoms with Gasteiger partial charge >= 0.3 is 0 Å². The smallest absolute Gasteiger partial charge is 0.261 e. The summed E-state index contributed by atoms with van der Waals surface area (Å²) in [5.41, 5.74) is 0.553. The fraction of sp³-hybridized carbons (Fsp3) is 0.438. The van der Waals surface area contributed by atoms with E-state index >= 15 is 0 Å². The first kappa shape index (κ1) is 16.9. The molecule has 1 amide bonds.